The number of hydrogen-bond acceptors (Lipinski definition) is 2. The van der Waals surface area contributed by atoms with Crippen molar-refractivity contribution in [3.8, 4) is 0 Å². The van der Waals surface area contributed by atoms with Crippen LogP contribution in [0.2, 0.25) is 0 Å². The van der Waals surface area contributed by atoms with Gasteiger partial charge in [-0.25, -0.2) is 8.42 Å². The third-order valence-corrected chi connectivity index (χ3v) is 5.80. The van der Waals surface area contributed by atoms with Crippen LogP contribution in [0.4, 0.5) is 0 Å². The van der Waals surface area contributed by atoms with Gasteiger partial charge in [-0.1, -0.05) is 28.4 Å². The first kappa shape index (κ1) is 14.3. The highest BCUT2D eigenvalue weighted by Crippen LogP contribution is 2.30. The first-order chi connectivity index (χ1) is 8.55. The molecule has 1 fully saturated rings. The maximum absolute atomic E-state index is 12.6. The molecule has 1 aliphatic carbocycles. The average Bonchev–Trinajstić information content (AvgIpc) is 2.26. The molecular weight excluding hydrogens is 338 g/mol. The zero-order chi connectivity index (χ0) is 13.2. The van der Waals surface area contributed by atoms with Crippen LogP contribution in [-0.4, -0.2) is 31.2 Å². The van der Waals surface area contributed by atoms with E-state index >= 15 is 0 Å². The zero-order valence-corrected chi connectivity index (χ0v) is 13.0. The van der Waals surface area contributed by atoms with Crippen LogP contribution in [0.5, 0.6) is 0 Å². The van der Waals surface area contributed by atoms with Crippen LogP contribution in [0, 0.1) is 0 Å². The molecule has 1 saturated carbocycles. The molecule has 1 aromatic carbocycles. The summed E-state index contributed by atoms with van der Waals surface area (Å²) in [4.78, 5) is 0.328. The Morgan fingerprint density at radius 2 is 2.11 bits per heavy atom. The normalized spacial score (nSPS) is 16.8. The van der Waals surface area contributed by atoms with E-state index < -0.39 is 10.0 Å². The van der Waals surface area contributed by atoms with Gasteiger partial charge >= 0.3 is 0 Å². The van der Waals surface area contributed by atoms with E-state index in [1.54, 1.807) is 22.5 Å². The molecule has 1 aromatic rings. The maximum Gasteiger partial charge on any atom is 0.243 e. The summed E-state index contributed by atoms with van der Waals surface area (Å²) in [5.41, 5.74) is 0. The van der Waals surface area contributed by atoms with Crippen molar-refractivity contribution in [2.75, 3.05) is 12.4 Å². The van der Waals surface area contributed by atoms with Gasteiger partial charge in [0.2, 0.25) is 10.0 Å². The van der Waals surface area contributed by atoms with Crippen LogP contribution < -0.4 is 0 Å². The molecule has 0 radical (unpaired) electrons. The number of sulfonamides is 1. The van der Waals surface area contributed by atoms with Gasteiger partial charge in [-0.3, -0.25) is 0 Å². The molecule has 0 saturated heterocycles. The van der Waals surface area contributed by atoms with Crippen molar-refractivity contribution in [3.63, 3.8) is 0 Å². The summed E-state index contributed by atoms with van der Waals surface area (Å²) >= 11 is 9.03. The fourth-order valence-corrected chi connectivity index (χ4v) is 4.59. The van der Waals surface area contributed by atoms with Gasteiger partial charge in [0.05, 0.1) is 4.90 Å². The highest BCUT2D eigenvalue weighted by molar-refractivity contribution is 9.10. The molecule has 0 atom stereocenters. The van der Waals surface area contributed by atoms with Crippen molar-refractivity contribution < 1.29 is 8.42 Å². The first-order valence-corrected chi connectivity index (χ1v) is 8.66. The van der Waals surface area contributed by atoms with Crippen molar-refractivity contribution in [3.05, 3.63) is 28.7 Å². The molecule has 0 aliphatic heterocycles. The van der Waals surface area contributed by atoms with Crippen LogP contribution in [0.1, 0.15) is 19.3 Å². The van der Waals surface area contributed by atoms with E-state index in [-0.39, 0.29) is 6.04 Å². The number of alkyl halides is 1. The standard InChI is InChI=1S/C12H15BrClNO2S/c13-10-3-1-6-12(9-10)18(16,17)15(8-7-14)11-4-2-5-11/h1,3,6,9,11H,2,4-5,7-8H2. The summed E-state index contributed by atoms with van der Waals surface area (Å²) in [6.45, 7) is 0.376. The van der Waals surface area contributed by atoms with E-state index in [0.717, 1.165) is 23.7 Å². The molecule has 0 spiro atoms. The number of nitrogens with zero attached hydrogens (tertiary/aromatic N) is 1. The topological polar surface area (TPSA) is 37.4 Å². The van der Waals surface area contributed by atoms with Crippen molar-refractivity contribution in [2.45, 2.75) is 30.2 Å². The van der Waals surface area contributed by atoms with E-state index in [4.69, 9.17) is 11.6 Å². The second-order valence-electron chi connectivity index (χ2n) is 4.35. The van der Waals surface area contributed by atoms with E-state index in [9.17, 15) is 8.42 Å². The first-order valence-electron chi connectivity index (χ1n) is 5.89. The van der Waals surface area contributed by atoms with Crippen LogP contribution in [0.15, 0.2) is 33.6 Å². The summed E-state index contributed by atoms with van der Waals surface area (Å²) < 4.78 is 27.4. The minimum atomic E-state index is -3.43. The van der Waals surface area contributed by atoms with Crippen LogP contribution in [0.3, 0.4) is 0 Å². The lowest BCUT2D eigenvalue weighted by molar-refractivity contribution is 0.227. The van der Waals surface area contributed by atoms with Crippen molar-refractivity contribution in [1.29, 1.82) is 0 Å². The second kappa shape index (κ2) is 5.90. The number of benzene rings is 1. The van der Waals surface area contributed by atoms with Gasteiger partial charge in [-0.05, 0) is 31.0 Å². The van der Waals surface area contributed by atoms with Crippen molar-refractivity contribution >= 4 is 37.6 Å². The lowest BCUT2D eigenvalue weighted by Crippen LogP contribution is -2.45. The average molecular weight is 353 g/mol. The largest absolute Gasteiger partial charge is 0.243 e. The number of hydrogen-bond donors (Lipinski definition) is 0. The summed E-state index contributed by atoms with van der Waals surface area (Å²) in [5.74, 6) is 0.323. The molecule has 2 rings (SSSR count). The zero-order valence-electron chi connectivity index (χ0n) is 9.85. The molecule has 0 N–H and O–H groups in total. The molecule has 3 nitrogen and oxygen atoms in total. The molecule has 0 amide bonds. The van der Waals surface area contributed by atoms with E-state index in [0.29, 0.717) is 17.3 Å². The van der Waals surface area contributed by atoms with Gasteiger partial charge in [0, 0.05) is 22.9 Å². The van der Waals surface area contributed by atoms with Gasteiger partial charge in [-0.2, -0.15) is 4.31 Å². The monoisotopic (exact) mass is 351 g/mol. The third kappa shape index (κ3) is 2.90. The van der Waals surface area contributed by atoms with E-state index in [2.05, 4.69) is 15.9 Å². The van der Waals surface area contributed by atoms with E-state index in [1.807, 2.05) is 6.07 Å². The molecule has 0 aromatic heterocycles. The second-order valence-corrected chi connectivity index (χ2v) is 7.53. The molecular formula is C12H15BrClNO2S. The minimum absolute atomic E-state index is 0.118. The Morgan fingerprint density at radius 1 is 1.39 bits per heavy atom. The summed E-state index contributed by atoms with van der Waals surface area (Å²) in [7, 11) is -3.43. The number of rotatable bonds is 5. The highest BCUT2D eigenvalue weighted by Gasteiger charge is 2.34. The molecule has 100 valence electrons. The van der Waals surface area contributed by atoms with Gasteiger partial charge in [0.1, 0.15) is 0 Å². The fraction of sp³-hybridized carbons (Fsp3) is 0.500. The smallest absolute Gasteiger partial charge is 0.207 e. The molecule has 1 aliphatic rings. The van der Waals surface area contributed by atoms with Crippen LogP contribution in [-0.2, 0) is 10.0 Å². The Hall–Kier alpha value is -0.100. The Balaban J connectivity index is 2.32. The summed E-state index contributed by atoms with van der Waals surface area (Å²) in [5, 5.41) is 0. The SMILES string of the molecule is O=S(=O)(c1cccc(Br)c1)N(CCCl)C1CCC1. The third-order valence-electron chi connectivity index (χ3n) is 3.19. The summed E-state index contributed by atoms with van der Waals surface area (Å²) in [6, 6.07) is 6.92. The maximum atomic E-state index is 12.6. The molecule has 0 unspecified atom stereocenters. The lowest BCUT2D eigenvalue weighted by Gasteiger charge is -2.36. The van der Waals surface area contributed by atoms with Gasteiger partial charge in [0.25, 0.3) is 0 Å². The van der Waals surface area contributed by atoms with Crippen molar-refractivity contribution in [2.24, 2.45) is 0 Å². The Labute approximate surface area is 121 Å². The molecule has 18 heavy (non-hydrogen) atoms. The predicted molar refractivity (Wildman–Crippen MR) is 76.4 cm³/mol. The highest BCUT2D eigenvalue weighted by atomic mass is 79.9. The van der Waals surface area contributed by atoms with Gasteiger partial charge < -0.3 is 0 Å². The van der Waals surface area contributed by atoms with Gasteiger partial charge in [-0.15, -0.1) is 11.6 Å². The quantitative estimate of drug-likeness (QED) is 0.763. The van der Waals surface area contributed by atoms with Crippen LogP contribution in [0.25, 0.3) is 0 Å². The Kier molecular flexibility index (Phi) is 4.69. The van der Waals surface area contributed by atoms with Crippen LogP contribution >= 0.6 is 27.5 Å². The predicted octanol–water partition coefficient (Wildman–Crippen LogP) is 3.23. The van der Waals surface area contributed by atoms with Crippen molar-refractivity contribution in [1.82, 2.24) is 4.31 Å². The Bertz CT molecular complexity index is 517. The molecule has 0 bridgehead atoms. The molecule has 6 heteroatoms. The summed E-state index contributed by atoms with van der Waals surface area (Å²) in [6.07, 6.45) is 2.96. The Morgan fingerprint density at radius 3 is 2.61 bits per heavy atom. The molecule has 0 heterocycles. The van der Waals surface area contributed by atoms with Gasteiger partial charge in [0.15, 0.2) is 0 Å². The number of halogens is 2. The van der Waals surface area contributed by atoms with E-state index in [1.165, 1.54) is 0 Å². The fourth-order valence-electron chi connectivity index (χ4n) is 2.02. The minimum Gasteiger partial charge on any atom is -0.207 e. The lowest BCUT2D eigenvalue weighted by atomic mass is 9.93.